The second kappa shape index (κ2) is 6.83. The van der Waals surface area contributed by atoms with Gasteiger partial charge in [0.2, 0.25) is 0 Å². The Labute approximate surface area is 142 Å². The molecule has 0 bridgehead atoms. The number of hydrogen-bond donors (Lipinski definition) is 2. The number of anilines is 1. The third kappa shape index (κ3) is 3.30. The minimum atomic E-state index is -1.30. The highest BCUT2D eigenvalue weighted by atomic mass is 32.1. The molecular formula is C15H17N3O5S. The predicted molar refractivity (Wildman–Crippen MR) is 87.9 cm³/mol. The molecule has 0 fully saturated rings. The summed E-state index contributed by atoms with van der Waals surface area (Å²) in [6.07, 6.45) is 1.32. The number of aromatic carboxylic acids is 1. The van der Waals surface area contributed by atoms with Crippen LogP contribution < -0.4 is 5.32 Å². The molecule has 9 heteroatoms. The lowest BCUT2D eigenvalue weighted by Gasteiger charge is -2.06. The quantitative estimate of drug-likeness (QED) is 0.799. The van der Waals surface area contributed by atoms with Crippen LogP contribution >= 0.6 is 11.3 Å². The van der Waals surface area contributed by atoms with Crippen molar-refractivity contribution in [3.8, 4) is 0 Å². The van der Waals surface area contributed by atoms with Crippen molar-refractivity contribution in [2.45, 2.75) is 20.8 Å². The summed E-state index contributed by atoms with van der Waals surface area (Å²) in [5, 5.41) is 15.8. The molecule has 24 heavy (non-hydrogen) atoms. The number of nitrogens with zero attached hydrogens (tertiary/aromatic N) is 2. The van der Waals surface area contributed by atoms with E-state index in [4.69, 9.17) is 9.84 Å². The summed E-state index contributed by atoms with van der Waals surface area (Å²) in [6, 6.07) is 0. The minimum Gasteiger partial charge on any atom is -0.476 e. The van der Waals surface area contributed by atoms with Gasteiger partial charge in [0.15, 0.2) is 5.69 Å². The van der Waals surface area contributed by atoms with Gasteiger partial charge in [-0.25, -0.2) is 9.59 Å². The Hall–Kier alpha value is -2.68. The fourth-order valence-corrected chi connectivity index (χ4v) is 3.19. The van der Waals surface area contributed by atoms with Gasteiger partial charge in [-0.3, -0.25) is 9.48 Å². The number of esters is 1. The van der Waals surface area contributed by atoms with E-state index in [1.54, 1.807) is 13.8 Å². The fourth-order valence-electron chi connectivity index (χ4n) is 2.15. The normalized spacial score (nSPS) is 10.5. The van der Waals surface area contributed by atoms with Crippen LogP contribution in [0.25, 0.3) is 0 Å². The Balaban J connectivity index is 2.38. The molecule has 2 aromatic heterocycles. The lowest BCUT2D eigenvalue weighted by Crippen LogP contribution is -2.17. The van der Waals surface area contributed by atoms with Crippen molar-refractivity contribution in [2.75, 3.05) is 11.9 Å². The fraction of sp³-hybridized carbons (Fsp3) is 0.333. The molecule has 0 aromatic carbocycles. The number of amides is 1. The highest BCUT2D eigenvalue weighted by Gasteiger charge is 2.25. The van der Waals surface area contributed by atoms with Crippen LogP contribution in [0.5, 0.6) is 0 Å². The summed E-state index contributed by atoms with van der Waals surface area (Å²) >= 11 is 1.23. The topological polar surface area (TPSA) is 111 Å². The summed E-state index contributed by atoms with van der Waals surface area (Å²) in [5.41, 5.74) is 0.577. The van der Waals surface area contributed by atoms with Gasteiger partial charge in [0.05, 0.1) is 17.7 Å². The maximum Gasteiger partial charge on any atom is 0.357 e. The number of aryl methyl sites for hydroxylation is 2. The van der Waals surface area contributed by atoms with Crippen molar-refractivity contribution in [3.05, 3.63) is 33.5 Å². The zero-order chi connectivity index (χ0) is 18.0. The molecule has 0 unspecified atom stereocenters. The van der Waals surface area contributed by atoms with E-state index in [0.717, 1.165) is 10.4 Å². The second-order valence-corrected chi connectivity index (χ2v) is 6.26. The highest BCUT2D eigenvalue weighted by Crippen LogP contribution is 2.33. The Morgan fingerprint density at radius 3 is 2.62 bits per heavy atom. The number of nitrogens with one attached hydrogen (secondary N) is 1. The standard InChI is InChI=1S/C15H17N3O5S/c1-5-23-15(22)10-7(2)8(3)24-13(10)16-12(19)9-6-18(4)17-11(9)14(20)21/h6H,5H2,1-4H3,(H,16,19)(H,20,21). The van der Waals surface area contributed by atoms with Crippen LogP contribution in [0, 0.1) is 13.8 Å². The van der Waals surface area contributed by atoms with Crippen LogP contribution in [0.3, 0.4) is 0 Å². The Morgan fingerprint density at radius 1 is 1.38 bits per heavy atom. The molecular weight excluding hydrogens is 334 g/mol. The van der Waals surface area contributed by atoms with Crippen molar-refractivity contribution in [1.29, 1.82) is 0 Å². The van der Waals surface area contributed by atoms with Crippen LogP contribution in [0.15, 0.2) is 6.20 Å². The molecule has 2 aromatic rings. The van der Waals surface area contributed by atoms with Crippen molar-refractivity contribution in [3.63, 3.8) is 0 Å². The summed E-state index contributed by atoms with van der Waals surface area (Å²) < 4.78 is 6.27. The molecule has 0 saturated carbocycles. The summed E-state index contributed by atoms with van der Waals surface area (Å²) in [4.78, 5) is 36.6. The summed E-state index contributed by atoms with van der Waals surface area (Å²) in [5.74, 6) is -2.48. The van der Waals surface area contributed by atoms with E-state index in [2.05, 4.69) is 10.4 Å². The Morgan fingerprint density at radius 2 is 2.04 bits per heavy atom. The first-order chi connectivity index (χ1) is 11.3. The van der Waals surface area contributed by atoms with Crippen LogP contribution in [-0.2, 0) is 11.8 Å². The number of ether oxygens (including phenoxy) is 1. The molecule has 0 saturated heterocycles. The van der Waals surface area contributed by atoms with Crippen molar-refractivity contribution >= 4 is 34.2 Å². The number of thiophene rings is 1. The molecule has 0 aliphatic heterocycles. The predicted octanol–water partition coefficient (Wildman–Crippen LogP) is 2.23. The largest absolute Gasteiger partial charge is 0.476 e. The molecule has 1 amide bonds. The number of carboxylic acid groups (broad SMARTS) is 1. The molecule has 0 aliphatic carbocycles. The molecule has 0 aliphatic rings. The maximum absolute atomic E-state index is 12.4. The molecule has 0 radical (unpaired) electrons. The van der Waals surface area contributed by atoms with E-state index in [9.17, 15) is 14.4 Å². The minimum absolute atomic E-state index is 0.0801. The highest BCUT2D eigenvalue weighted by molar-refractivity contribution is 7.16. The Bertz CT molecular complexity index is 821. The summed E-state index contributed by atoms with van der Waals surface area (Å²) in [7, 11) is 1.52. The first-order valence-corrected chi connectivity index (χ1v) is 7.93. The van der Waals surface area contributed by atoms with Gasteiger partial charge in [-0.15, -0.1) is 11.3 Å². The van der Waals surface area contributed by atoms with Crippen LogP contribution in [0.4, 0.5) is 5.00 Å². The van der Waals surface area contributed by atoms with E-state index in [1.807, 2.05) is 6.92 Å². The molecule has 8 nitrogen and oxygen atoms in total. The van der Waals surface area contributed by atoms with Gasteiger partial charge in [-0.1, -0.05) is 0 Å². The lowest BCUT2D eigenvalue weighted by molar-refractivity contribution is 0.0526. The Kier molecular flexibility index (Phi) is 5.03. The number of rotatable bonds is 5. The van der Waals surface area contributed by atoms with E-state index >= 15 is 0 Å². The molecule has 128 valence electrons. The molecule has 2 rings (SSSR count). The number of hydrogen-bond acceptors (Lipinski definition) is 6. The monoisotopic (exact) mass is 351 g/mol. The number of carbonyl (C=O) groups is 3. The van der Waals surface area contributed by atoms with E-state index in [0.29, 0.717) is 5.00 Å². The van der Waals surface area contributed by atoms with E-state index < -0.39 is 17.8 Å². The molecule has 2 heterocycles. The zero-order valence-electron chi connectivity index (χ0n) is 13.7. The van der Waals surface area contributed by atoms with Crippen molar-refractivity contribution < 1.29 is 24.2 Å². The van der Waals surface area contributed by atoms with E-state index in [-0.39, 0.29) is 23.4 Å². The molecule has 0 atom stereocenters. The number of carbonyl (C=O) groups excluding carboxylic acids is 2. The maximum atomic E-state index is 12.4. The van der Waals surface area contributed by atoms with Crippen LogP contribution in [0.1, 0.15) is 48.6 Å². The van der Waals surface area contributed by atoms with Crippen molar-refractivity contribution in [1.82, 2.24) is 9.78 Å². The van der Waals surface area contributed by atoms with Crippen LogP contribution in [-0.4, -0.2) is 39.3 Å². The van der Waals surface area contributed by atoms with Gasteiger partial charge in [-0.2, -0.15) is 5.10 Å². The first kappa shape index (κ1) is 17.7. The smallest absolute Gasteiger partial charge is 0.357 e. The third-order valence-corrected chi connectivity index (χ3v) is 4.49. The lowest BCUT2D eigenvalue weighted by atomic mass is 10.1. The van der Waals surface area contributed by atoms with E-state index in [1.165, 1.54) is 29.3 Å². The third-order valence-electron chi connectivity index (χ3n) is 3.37. The van der Waals surface area contributed by atoms with Crippen LogP contribution in [0.2, 0.25) is 0 Å². The average molecular weight is 351 g/mol. The second-order valence-electron chi connectivity index (χ2n) is 5.03. The molecule has 0 spiro atoms. The number of carboxylic acids is 1. The van der Waals surface area contributed by atoms with Gasteiger partial charge in [0, 0.05) is 18.1 Å². The SMILES string of the molecule is CCOC(=O)c1c(NC(=O)c2cn(C)nc2C(=O)O)sc(C)c1C. The van der Waals surface area contributed by atoms with Gasteiger partial charge < -0.3 is 15.2 Å². The number of aromatic nitrogens is 2. The van der Waals surface area contributed by atoms with Gasteiger partial charge in [-0.05, 0) is 26.3 Å². The first-order valence-electron chi connectivity index (χ1n) is 7.11. The van der Waals surface area contributed by atoms with Gasteiger partial charge in [0.1, 0.15) is 5.00 Å². The van der Waals surface area contributed by atoms with Gasteiger partial charge in [0.25, 0.3) is 5.91 Å². The average Bonchev–Trinajstić information content (AvgIpc) is 3.01. The zero-order valence-corrected chi connectivity index (χ0v) is 14.5. The molecule has 2 N–H and O–H groups in total. The van der Waals surface area contributed by atoms with Gasteiger partial charge >= 0.3 is 11.9 Å². The summed E-state index contributed by atoms with van der Waals surface area (Å²) in [6.45, 7) is 5.50. The van der Waals surface area contributed by atoms with Crippen molar-refractivity contribution in [2.24, 2.45) is 7.05 Å².